The van der Waals surface area contributed by atoms with E-state index in [0.29, 0.717) is 5.39 Å². The van der Waals surface area contributed by atoms with E-state index in [1.807, 2.05) is 72.8 Å². The first-order valence-electron chi connectivity index (χ1n) is 16.0. The minimum atomic E-state index is -0.267. The predicted molar refractivity (Wildman–Crippen MR) is 190 cm³/mol. The molecule has 0 aliphatic carbocycles. The monoisotopic (exact) mass is 627 g/mol. The van der Waals surface area contributed by atoms with Gasteiger partial charge in [-0.2, -0.15) is 4.57 Å². The summed E-state index contributed by atoms with van der Waals surface area (Å²) < 4.78 is 40.9. The fourth-order valence-corrected chi connectivity index (χ4v) is 7.25. The number of aryl methyl sites for hydroxylation is 2. The second-order valence-electron chi connectivity index (χ2n) is 12.3. The lowest BCUT2D eigenvalue weighted by Gasteiger charge is -2.14. The van der Waals surface area contributed by atoms with Crippen LogP contribution >= 0.6 is 0 Å². The van der Waals surface area contributed by atoms with E-state index >= 15 is 4.39 Å². The van der Waals surface area contributed by atoms with Crippen molar-refractivity contribution in [1.29, 1.82) is 0 Å². The molecule has 3 nitrogen and oxygen atoms in total. The Morgan fingerprint density at radius 2 is 1.29 bits per heavy atom. The lowest BCUT2D eigenvalue weighted by Crippen LogP contribution is -2.30. The summed E-state index contributed by atoms with van der Waals surface area (Å²) in [6.07, 6.45) is 0. The Morgan fingerprint density at radius 3 is 2.10 bits per heavy atom. The summed E-state index contributed by atoms with van der Waals surface area (Å²) in [5.74, 6) is 0.394. The van der Waals surface area contributed by atoms with E-state index in [0.717, 1.165) is 83.3 Å². The summed E-state index contributed by atoms with van der Waals surface area (Å²) in [5, 5.41) is 3.38. The first-order chi connectivity index (χ1) is 23.5. The molecule has 48 heavy (non-hydrogen) atoms. The van der Waals surface area contributed by atoms with Crippen LogP contribution in [0.15, 0.2) is 144 Å². The van der Waals surface area contributed by atoms with Gasteiger partial charge in [0.1, 0.15) is 28.5 Å². The first kappa shape index (κ1) is 28.2. The van der Waals surface area contributed by atoms with Crippen molar-refractivity contribution in [3.05, 3.63) is 157 Å². The zero-order valence-electron chi connectivity index (χ0n) is 26.3. The highest BCUT2D eigenvalue weighted by atomic mass is 19.1. The molecular formula is C43H29F2N2O+. The van der Waals surface area contributed by atoms with E-state index in [4.69, 9.17) is 4.42 Å². The van der Waals surface area contributed by atoms with Crippen LogP contribution in [0.4, 0.5) is 8.78 Å². The summed E-state index contributed by atoms with van der Waals surface area (Å²) in [6, 6.07) is 44.6. The third kappa shape index (κ3) is 4.21. The van der Waals surface area contributed by atoms with Gasteiger partial charge in [0.25, 0.3) is 5.82 Å². The van der Waals surface area contributed by atoms with Gasteiger partial charge in [-0.3, -0.25) is 0 Å². The number of fused-ring (bicyclic) bond motifs is 5. The predicted octanol–water partition coefficient (Wildman–Crippen LogP) is 11.1. The normalized spacial score (nSPS) is 11.8. The quantitative estimate of drug-likeness (QED) is 0.178. The third-order valence-electron chi connectivity index (χ3n) is 9.54. The van der Waals surface area contributed by atoms with Gasteiger partial charge in [-0.25, -0.2) is 13.3 Å². The van der Waals surface area contributed by atoms with Crippen molar-refractivity contribution in [3.63, 3.8) is 0 Å². The van der Waals surface area contributed by atoms with Gasteiger partial charge in [0, 0.05) is 27.1 Å². The fourth-order valence-electron chi connectivity index (χ4n) is 7.25. The molecule has 0 saturated heterocycles. The van der Waals surface area contributed by atoms with Crippen LogP contribution < -0.4 is 4.57 Å². The molecule has 0 atom stereocenters. The Kier molecular flexibility index (Phi) is 6.31. The highest BCUT2D eigenvalue weighted by Gasteiger charge is 2.33. The maximum atomic E-state index is 15.9. The lowest BCUT2D eigenvalue weighted by atomic mass is 9.96. The molecule has 0 spiro atoms. The maximum absolute atomic E-state index is 15.9. The van der Waals surface area contributed by atoms with Crippen LogP contribution in [0.3, 0.4) is 0 Å². The molecule has 0 aliphatic heterocycles. The Labute approximate surface area is 275 Å². The van der Waals surface area contributed by atoms with Crippen molar-refractivity contribution in [3.8, 4) is 39.3 Å². The number of hydrogen-bond donors (Lipinski definition) is 0. The molecule has 0 amide bonds. The van der Waals surface area contributed by atoms with E-state index in [-0.39, 0.29) is 11.6 Å². The fraction of sp³-hybridized carbons (Fsp3) is 0.0465. The second kappa shape index (κ2) is 10.7. The smallest absolute Gasteiger partial charge is 0.299 e. The third-order valence-corrected chi connectivity index (χ3v) is 9.54. The molecule has 9 aromatic rings. The summed E-state index contributed by atoms with van der Waals surface area (Å²) in [4.78, 5) is 0. The molecule has 0 fully saturated rings. The highest BCUT2D eigenvalue weighted by molar-refractivity contribution is 6.11. The molecule has 0 saturated carbocycles. The Bertz CT molecular complexity index is 2700. The van der Waals surface area contributed by atoms with Gasteiger partial charge in [-0.1, -0.05) is 91.0 Å². The van der Waals surface area contributed by atoms with Gasteiger partial charge in [-0.15, -0.1) is 0 Å². The zero-order chi connectivity index (χ0) is 32.5. The zero-order valence-corrected chi connectivity index (χ0v) is 26.3. The number of benzene rings is 7. The van der Waals surface area contributed by atoms with E-state index < -0.39 is 0 Å². The van der Waals surface area contributed by atoms with Crippen molar-refractivity contribution in [2.75, 3.05) is 0 Å². The van der Waals surface area contributed by atoms with Gasteiger partial charge in [-0.05, 0) is 77.7 Å². The van der Waals surface area contributed by atoms with Gasteiger partial charge in [0.05, 0.1) is 7.05 Å². The molecule has 0 radical (unpaired) electrons. The average Bonchev–Trinajstić information content (AvgIpc) is 3.63. The standard InChI is InChI=1S/C43H29F2N2O/c1-26-16-22-34-32-23-19-29(27-17-20-30(44)21-18-27)24-39(32)48-42(34)40(26)43-46(2)37-14-8-9-15-38(37)47(43)41-33-13-7-6-12-31(33)36(45)25-35(41)28-10-4-3-5-11-28/h3-25H,1-2H3/q+1. The molecule has 0 N–H and O–H groups in total. The molecule has 0 bridgehead atoms. The number of para-hydroxylation sites is 2. The molecule has 5 heteroatoms. The van der Waals surface area contributed by atoms with Crippen molar-refractivity contribution in [1.82, 2.24) is 4.57 Å². The largest absolute Gasteiger partial charge is 0.455 e. The van der Waals surface area contributed by atoms with Crippen LogP contribution in [0, 0.1) is 18.6 Å². The Morgan fingerprint density at radius 1 is 0.604 bits per heavy atom. The molecule has 2 heterocycles. The minimum absolute atomic E-state index is 0.261. The number of hydrogen-bond acceptors (Lipinski definition) is 1. The molecule has 9 rings (SSSR count). The molecule has 230 valence electrons. The molecule has 2 aromatic heterocycles. The lowest BCUT2D eigenvalue weighted by molar-refractivity contribution is -0.633. The van der Waals surface area contributed by atoms with E-state index in [1.165, 1.54) is 12.1 Å². The van der Waals surface area contributed by atoms with E-state index in [9.17, 15) is 4.39 Å². The summed E-state index contributed by atoms with van der Waals surface area (Å²) in [7, 11) is 2.08. The topological polar surface area (TPSA) is 21.9 Å². The van der Waals surface area contributed by atoms with Gasteiger partial charge < -0.3 is 4.42 Å². The Hall–Kier alpha value is -6.07. The number of halogens is 2. The van der Waals surface area contributed by atoms with Crippen LogP contribution in [-0.4, -0.2) is 4.57 Å². The SMILES string of the molecule is Cc1ccc2c(oc3cc(-c4ccc(F)cc4)ccc32)c1-c1n(-c2c(-c3ccccc3)cc(F)c3ccccc23)c2ccccc2[n+]1C. The van der Waals surface area contributed by atoms with Gasteiger partial charge >= 0.3 is 0 Å². The first-order valence-corrected chi connectivity index (χ1v) is 16.0. The van der Waals surface area contributed by atoms with Crippen LogP contribution in [0.2, 0.25) is 0 Å². The second-order valence-corrected chi connectivity index (χ2v) is 12.3. The molecular weight excluding hydrogens is 598 g/mol. The number of imidazole rings is 1. The van der Waals surface area contributed by atoms with Gasteiger partial charge in [0.2, 0.25) is 0 Å². The highest BCUT2D eigenvalue weighted by Crippen LogP contribution is 2.43. The van der Waals surface area contributed by atoms with Crippen molar-refractivity contribution in [2.24, 2.45) is 7.05 Å². The van der Waals surface area contributed by atoms with Gasteiger partial charge in [0.15, 0.2) is 16.6 Å². The van der Waals surface area contributed by atoms with Crippen LogP contribution in [0.5, 0.6) is 0 Å². The van der Waals surface area contributed by atoms with Crippen molar-refractivity contribution < 1.29 is 17.8 Å². The van der Waals surface area contributed by atoms with Crippen LogP contribution in [-0.2, 0) is 7.05 Å². The van der Waals surface area contributed by atoms with Crippen molar-refractivity contribution in [2.45, 2.75) is 6.92 Å². The summed E-state index contributed by atoms with van der Waals surface area (Å²) >= 11 is 0. The summed E-state index contributed by atoms with van der Waals surface area (Å²) in [5.41, 5.74) is 10.0. The van der Waals surface area contributed by atoms with E-state index in [2.05, 4.69) is 59.5 Å². The van der Waals surface area contributed by atoms with Crippen LogP contribution in [0.1, 0.15) is 5.56 Å². The molecule has 0 aliphatic rings. The number of aromatic nitrogens is 2. The summed E-state index contributed by atoms with van der Waals surface area (Å²) in [6.45, 7) is 2.11. The maximum Gasteiger partial charge on any atom is 0.299 e. The molecule has 7 aromatic carbocycles. The Balaban J connectivity index is 1.40. The van der Waals surface area contributed by atoms with E-state index in [1.54, 1.807) is 18.2 Å². The number of nitrogens with zero attached hydrogens (tertiary/aromatic N) is 2. The molecule has 0 unspecified atom stereocenters. The average molecular weight is 628 g/mol. The number of rotatable bonds is 4. The number of furan rings is 1. The van der Waals surface area contributed by atoms with Crippen LogP contribution in [0.25, 0.3) is 83.1 Å². The minimum Gasteiger partial charge on any atom is -0.455 e. The van der Waals surface area contributed by atoms with Crippen molar-refractivity contribution >= 4 is 43.7 Å².